The SMILES string of the molecule is COc1c(C)c2c(c(O)c1C/C=C(\C)CCC(=O)OCCN1CCOCC1)C(=O)OC2.Cl. The minimum atomic E-state index is -0.514. The molecule has 0 radical (unpaired) electrons. The van der Waals surface area contributed by atoms with Crippen molar-refractivity contribution >= 4 is 24.3 Å². The fraction of sp³-hybridized carbons (Fsp3) is 0.565. The zero-order valence-corrected chi connectivity index (χ0v) is 19.7. The number of rotatable bonds is 9. The van der Waals surface area contributed by atoms with E-state index in [0.29, 0.717) is 42.7 Å². The number of carbonyl (C=O) groups excluding carboxylic acids is 2. The number of hydrogen-bond donors (Lipinski definition) is 1. The molecule has 1 saturated heterocycles. The molecule has 0 bridgehead atoms. The number of phenolic OH excluding ortho intramolecular Hbond substituents is 1. The molecule has 1 aromatic rings. The highest BCUT2D eigenvalue weighted by molar-refractivity contribution is 5.98. The minimum absolute atomic E-state index is 0. The monoisotopic (exact) mass is 469 g/mol. The van der Waals surface area contributed by atoms with Gasteiger partial charge in [-0.1, -0.05) is 11.6 Å². The van der Waals surface area contributed by atoms with Crippen molar-refractivity contribution in [3.63, 3.8) is 0 Å². The first-order valence-corrected chi connectivity index (χ1v) is 10.6. The van der Waals surface area contributed by atoms with Crippen LogP contribution in [0.4, 0.5) is 0 Å². The number of cyclic esters (lactones) is 1. The van der Waals surface area contributed by atoms with Gasteiger partial charge in [0.1, 0.15) is 30.3 Å². The van der Waals surface area contributed by atoms with Gasteiger partial charge in [0.15, 0.2) is 0 Å². The first-order valence-electron chi connectivity index (χ1n) is 10.6. The molecule has 0 aromatic heterocycles. The van der Waals surface area contributed by atoms with Crippen LogP contribution in [0.1, 0.15) is 46.8 Å². The van der Waals surface area contributed by atoms with E-state index in [9.17, 15) is 14.7 Å². The van der Waals surface area contributed by atoms with E-state index in [-0.39, 0.29) is 36.3 Å². The minimum Gasteiger partial charge on any atom is -0.507 e. The topological polar surface area (TPSA) is 94.5 Å². The average Bonchev–Trinajstić information content (AvgIpc) is 3.16. The van der Waals surface area contributed by atoms with Gasteiger partial charge in [0.2, 0.25) is 0 Å². The van der Waals surface area contributed by atoms with Crippen molar-refractivity contribution in [3.05, 3.63) is 33.9 Å². The molecule has 1 fully saturated rings. The summed E-state index contributed by atoms with van der Waals surface area (Å²) in [5.41, 5.74) is 3.23. The number of carbonyl (C=O) groups is 2. The van der Waals surface area contributed by atoms with Crippen LogP contribution in [-0.2, 0) is 32.0 Å². The summed E-state index contributed by atoms with van der Waals surface area (Å²) in [5, 5.41) is 10.7. The van der Waals surface area contributed by atoms with E-state index in [0.717, 1.165) is 44.0 Å². The summed E-state index contributed by atoms with van der Waals surface area (Å²) in [6.45, 7) is 8.23. The van der Waals surface area contributed by atoms with Gasteiger partial charge in [-0.05, 0) is 32.3 Å². The van der Waals surface area contributed by atoms with Crippen LogP contribution < -0.4 is 4.74 Å². The van der Waals surface area contributed by atoms with Gasteiger partial charge in [-0.2, -0.15) is 0 Å². The molecular formula is C23H32ClNO7. The van der Waals surface area contributed by atoms with Gasteiger partial charge >= 0.3 is 11.9 Å². The molecule has 9 heteroatoms. The first kappa shape index (κ1) is 26.0. The summed E-state index contributed by atoms with van der Waals surface area (Å²) in [7, 11) is 1.54. The van der Waals surface area contributed by atoms with E-state index in [1.54, 1.807) is 7.11 Å². The Hall–Kier alpha value is -2.29. The van der Waals surface area contributed by atoms with Gasteiger partial charge in [0.25, 0.3) is 0 Å². The van der Waals surface area contributed by atoms with Gasteiger partial charge < -0.3 is 24.1 Å². The summed E-state index contributed by atoms with van der Waals surface area (Å²) in [6.07, 6.45) is 3.18. The number of allylic oxidation sites excluding steroid dienone is 2. The number of esters is 2. The van der Waals surface area contributed by atoms with Gasteiger partial charge in [-0.3, -0.25) is 9.69 Å². The molecule has 8 nitrogen and oxygen atoms in total. The number of phenols is 1. The number of aromatic hydroxyl groups is 1. The highest BCUT2D eigenvalue weighted by Crippen LogP contribution is 2.42. The van der Waals surface area contributed by atoms with E-state index < -0.39 is 5.97 Å². The van der Waals surface area contributed by atoms with Crippen molar-refractivity contribution in [3.8, 4) is 11.5 Å². The highest BCUT2D eigenvalue weighted by Gasteiger charge is 2.31. The molecule has 0 spiro atoms. The Kier molecular flexibility index (Phi) is 9.81. The van der Waals surface area contributed by atoms with Crippen molar-refractivity contribution in [1.29, 1.82) is 0 Å². The van der Waals surface area contributed by atoms with Crippen molar-refractivity contribution in [1.82, 2.24) is 4.90 Å². The second kappa shape index (κ2) is 12.1. The number of ether oxygens (including phenoxy) is 4. The molecule has 2 aliphatic rings. The quantitative estimate of drug-likeness (QED) is 0.435. The lowest BCUT2D eigenvalue weighted by molar-refractivity contribution is -0.144. The van der Waals surface area contributed by atoms with E-state index in [1.807, 2.05) is 19.9 Å². The molecule has 178 valence electrons. The Morgan fingerprint density at radius 2 is 1.97 bits per heavy atom. The van der Waals surface area contributed by atoms with E-state index >= 15 is 0 Å². The second-order valence-corrected chi connectivity index (χ2v) is 7.84. The molecule has 0 unspecified atom stereocenters. The zero-order valence-electron chi connectivity index (χ0n) is 18.9. The zero-order chi connectivity index (χ0) is 22.4. The van der Waals surface area contributed by atoms with Crippen LogP contribution in [0.3, 0.4) is 0 Å². The second-order valence-electron chi connectivity index (χ2n) is 7.84. The number of hydrogen-bond acceptors (Lipinski definition) is 8. The van der Waals surface area contributed by atoms with Crippen molar-refractivity contribution in [2.24, 2.45) is 0 Å². The Morgan fingerprint density at radius 1 is 1.25 bits per heavy atom. The van der Waals surface area contributed by atoms with Crippen LogP contribution in [0.2, 0.25) is 0 Å². The molecule has 2 heterocycles. The molecule has 0 atom stereocenters. The van der Waals surface area contributed by atoms with Crippen LogP contribution in [-0.4, -0.2) is 68.5 Å². The Bertz CT molecular complexity index is 863. The summed E-state index contributed by atoms with van der Waals surface area (Å²) in [5.74, 6) is -0.273. The van der Waals surface area contributed by atoms with E-state index in [4.69, 9.17) is 18.9 Å². The molecule has 1 aromatic carbocycles. The van der Waals surface area contributed by atoms with Gasteiger partial charge in [-0.15, -0.1) is 12.4 Å². The summed E-state index contributed by atoms with van der Waals surface area (Å²) in [6, 6.07) is 0. The third-order valence-electron chi connectivity index (χ3n) is 5.80. The molecule has 1 N–H and O–H groups in total. The smallest absolute Gasteiger partial charge is 0.342 e. The lowest BCUT2D eigenvalue weighted by Gasteiger charge is -2.26. The number of morpholine rings is 1. The normalized spacial score (nSPS) is 16.2. The van der Waals surface area contributed by atoms with Gasteiger partial charge in [0, 0.05) is 37.2 Å². The third-order valence-corrected chi connectivity index (χ3v) is 5.80. The maximum atomic E-state index is 12.0. The van der Waals surface area contributed by atoms with Gasteiger partial charge in [-0.25, -0.2) is 4.79 Å². The average molecular weight is 470 g/mol. The highest BCUT2D eigenvalue weighted by atomic mass is 35.5. The predicted molar refractivity (Wildman–Crippen MR) is 121 cm³/mol. The lowest BCUT2D eigenvalue weighted by atomic mass is 9.94. The van der Waals surface area contributed by atoms with Crippen LogP contribution in [0, 0.1) is 6.92 Å². The fourth-order valence-corrected chi connectivity index (χ4v) is 3.89. The molecular weight excluding hydrogens is 438 g/mol. The molecule has 0 aliphatic carbocycles. The molecule has 0 amide bonds. The molecule has 2 aliphatic heterocycles. The van der Waals surface area contributed by atoms with Crippen molar-refractivity contribution in [2.75, 3.05) is 46.6 Å². The Labute approximate surface area is 194 Å². The molecule has 3 rings (SSSR count). The summed E-state index contributed by atoms with van der Waals surface area (Å²) < 4.78 is 21.2. The number of fused-ring (bicyclic) bond motifs is 1. The Balaban J connectivity index is 0.00000363. The van der Waals surface area contributed by atoms with E-state index in [1.165, 1.54) is 0 Å². The standard InChI is InChI=1S/C23H31NO7.ClH/c1-15(5-7-19(25)30-13-10-24-8-11-29-12-9-24)4-6-17-21(26)20-18(14-31-23(20)27)16(2)22(17)28-3;/h4,26H,5-14H2,1-3H3;1H/b15-4+;. The van der Waals surface area contributed by atoms with Crippen LogP contribution in [0.25, 0.3) is 0 Å². The first-order chi connectivity index (χ1) is 14.9. The van der Waals surface area contributed by atoms with Crippen LogP contribution in [0.15, 0.2) is 11.6 Å². The number of halogens is 1. The Morgan fingerprint density at radius 3 is 2.66 bits per heavy atom. The van der Waals surface area contributed by atoms with Crippen molar-refractivity contribution < 1.29 is 33.6 Å². The predicted octanol–water partition coefficient (Wildman–Crippen LogP) is 2.95. The molecule has 32 heavy (non-hydrogen) atoms. The summed E-state index contributed by atoms with van der Waals surface area (Å²) in [4.78, 5) is 26.2. The number of methoxy groups -OCH3 is 1. The number of benzene rings is 1. The maximum Gasteiger partial charge on any atom is 0.342 e. The van der Waals surface area contributed by atoms with Crippen LogP contribution >= 0.6 is 12.4 Å². The third kappa shape index (κ3) is 6.15. The van der Waals surface area contributed by atoms with Gasteiger partial charge in [0.05, 0.1) is 20.3 Å². The lowest BCUT2D eigenvalue weighted by Crippen LogP contribution is -2.38. The molecule has 0 saturated carbocycles. The maximum absolute atomic E-state index is 12.0. The number of nitrogens with zero attached hydrogens (tertiary/aromatic N) is 1. The fourth-order valence-electron chi connectivity index (χ4n) is 3.89. The van der Waals surface area contributed by atoms with Crippen LogP contribution in [0.5, 0.6) is 11.5 Å². The largest absolute Gasteiger partial charge is 0.507 e. The van der Waals surface area contributed by atoms with E-state index in [2.05, 4.69) is 4.90 Å². The summed E-state index contributed by atoms with van der Waals surface area (Å²) >= 11 is 0. The van der Waals surface area contributed by atoms with Crippen molar-refractivity contribution in [2.45, 2.75) is 39.7 Å².